The summed E-state index contributed by atoms with van der Waals surface area (Å²) in [5.41, 5.74) is 5.34. The second kappa shape index (κ2) is 3.73. The van der Waals surface area contributed by atoms with Gasteiger partial charge >= 0.3 is 0 Å². The van der Waals surface area contributed by atoms with E-state index < -0.39 is 0 Å². The van der Waals surface area contributed by atoms with Crippen molar-refractivity contribution in [3.8, 4) is 0 Å². The summed E-state index contributed by atoms with van der Waals surface area (Å²) < 4.78 is 0. The Kier molecular flexibility index (Phi) is 2.35. The minimum absolute atomic E-state index is 0.0309. The second-order valence-corrected chi connectivity index (χ2v) is 5.00. The zero-order chi connectivity index (χ0) is 11.1. The lowest BCUT2D eigenvalue weighted by molar-refractivity contribution is -0.132. The second-order valence-electron chi connectivity index (χ2n) is 5.00. The van der Waals surface area contributed by atoms with E-state index in [9.17, 15) is 9.59 Å². The monoisotopic (exact) mass is 223 g/mol. The van der Waals surface area contributed by atoms with Gasteiger partial charge in [0.1, 0.15) is 6.04 Å². The molecule has 0 aromatic heterocycles. The first-order chi connectivity index (χ1) is 7.77. The van der Waals surface area contributed by atoms with E-state index in [1.54, 1.807) is 0 Å². The number of likely N-dealkylation sites (tertiary alicyclic amines) is 1. The zero-order valence-corrected chi connectivity index (χ0v) is 9.24. The summed E-state index contributed by atoms with van der Waals surface area (Å²) in [5, 5.41) is 0. The van der Waals surface area contributed by atoms with Crippen molar-refractivity contribution in [2.24, 2.45) is 5.92 Å². The van der Waals surface area contributed by atoms with Gasteiger partial charge in [0.25, 0.3) is 0 Å². The number of rotatable bonds is 1. The quantitative estimate of drug-likeness (QED) is 0.646. The molecule has 0 aromatic rings. The Hall–Kier alpha value is -1.10. The summed E-state index contributed by atoms with van der Waals surface area (Å²) >= 11 is 0. The Bertz CT molecular complexity index is 325. The van der Waals surface area contributed by atoms with E-state index in [0.29, 0.717) is 12.6 Å². The van der Waals surface area contributed by atoms with E-state index in [1.807, 2.05) is 4.90 Å². The maximum absolute atomic E-state index is 12.1. The zero-order valence-electron chi connectivity index (χ0n) is 9.24. The van der Waals surface area contributed by atoms with Crippen molar-refractivity contribution in [3.63, 3.8) is 0 Å². The smallest absolute Gasteiger partial charge is 0.242 e. The molecule has 5 heteroatoms. The summed E-state index contributed by atoms with van der Waals surface area (Å²) in [6.07, 6.45) is 5.91. The molecule has 0 unspecified atom stereocenters. The molecule has 0 aromatic carbocycles. The van der Waals surface area contributed by atoms with E-state index in [1.165, 1.54) is 19.3 Å². The van der Waals surface area contributed by atoms with Crippen molar-refractivity contribution in [1.82, 2.24) is 15.8 Å². The standard InChI is InChI=1S/C11H17N3O2/c15-10-8-6-14(7-4-2-1-3-5-7)11(16)9(8)12-13-10/h7-9,12H,1-6H2,(H,13,15)/t8-,9-/m0/s1. The van der Waals surface area contributed by atoms with E-state index in [4.69, 9.17) is 0 Å². The summed E-state index contributed by atoms with van der Waals surface area (Å²) in [4.78, 5) is 25.5. The van der Waals surface area contributed by atoms with Gasteiger partial charge in [-0.3, -0.25) is 15.0 Å². The highest BCUT2D eigenvalue weighted by Crippen LogP contribution is 2.30. The first kappa shape index (κ1) is 10.1. The number of amides is 2. The fourth-order valence-electron chi connectivity index (χ4n) is 3.12. The molecule has 0 spiro atoms. The molecular weight excluding hydrogens is 206 g/mol. The van der Waals surface area contributed by atoms with Crippen LogP contribution in [0.15, 0.2) is 0 Å². The van der Waals surface area contributed by atoms with Crippen LogP contribution in [-0.4, -0.2) is 35.3 Å². The number of nitrogens with zero attached hydrogens (tertiary/aromatic N) is 1. The normalized spacial score (nSPS) is 35.4. The van der Waals surface area contributed by atoms with Crippen LogP contribution in [0.2, 0.25) is 0 Å². The molecule has 1 saturated carbocycles. The van der Waals surface area contributed by atoms with Gasteiger partial charge in [-0.1, -0.05) is 19.3 Å². The van der Waals surface area contributed by atoms with Crippen LogP contribution in [0.3, 0.4) is 0 Å². The van der Waals surface area contributed by atoms with Crippen LogP contribution in [0.5, 0.6) is 0 Å². The van der Waals surface area contributed by atoms with Crippen LogP contribution in [0.1, 0.15) is 32.1 Å². The molecule has 2 atom stereocenters. The predicted molar refractivity (Wildman–Crippen MR) is 57.1 cm³/mol. The molecule has 2 heterocycles. The number of hydrogen-bond acceptors (Lipinski definition) is 3. The number of carbonyl (C=O) groups is 2. The van der Waals surface area contributed by atoms with Crippen molar-refractivity contribution in [1.29, 1.82) is 0 Å². The van der Waals surface area contributed by atoms with Crippen molar-refractivity contribution in [3.05, 3.63) is 0 Å². The van der Waals surface area contributed by atoms with Gasteiger partial charge in [0.15, 0.2) is 0 Å². The first-order valence-electron chi connectivity index (χ1n) is 6.13. The van der Waals surface area contributed by atoms with E-state index in [-0.39, 0.29) is 23.8 Å². The van der Waals surface area contributed by atoms with Gasteiger partial charge in [0, 0.05) is 12.6 Å². The topological polar surface area (TPSA) is 61.4 Å². The third kappa shape index (κ3) is 1.42. The van der Waals surface area contributed by atoms with Crippen molar-refractivity contribution in [2.45, 2.75) is 44.2 Å². The van der Waals surface area contributed by atoms with Crippen LogP contribution in [0.4, 0.5) is 0 Å². The number of nitrogens with one attached hydrogen (secondary N) is 2. The van der Waals surface area contributed by atoms with Crippen LogP contribution in [0, 0.1) is 5.92 Å². The number of carbonyl (C=O) groups excluding carboxylic acids is 2. The predicted octanol–water partition coefficient (Wildman–Crippen LogP) is -0.220. The number of fused-ring (bicyclic) bond motifs is 1. The molecule has 2 amide bonds. The average Bonchev–Trinajstić information content (AvgIpc) is 2.83. The van der Waals surface area contributed by atoms with E-state index in [0.717, 1.165) is 12.8 Å². The lowest BCUT2D eigenvalue weighted by Gasteiger charge is -2.31. The molecule has 2 saturated heterocycles. The van der Waals surface area contributed by atoms with E-state index >= 15 is 0 Å². The summed E-state index contributed by atoms with van der Waals surface area (Å²) in [7, 11) is 0. The molecule has 3 rings (SSSR count). The summed E-state index contributed by atoms with van der Waals surface area (Å²) in [5.74, 6) is -0.0960. The third-order valence-corrected chi connectivity index (χ3v) is 4.05. The highest BCUT2D eigenvalue weighted by atomic mass is 16.2. The van der Waals surface area contributed by atoms with Crippen molar-refractivity contribution < 1.29 is 9.59 Å². The van der Waals surface area contributed by atoms with Crippen LogP contribution in [0.25, 0.3) is 0 Å². The van der Waals surface area contributed by atoms with Gasteiger partial charge in [-0.15, -0.1) is 0 Å². The Morgan fingerprint density at radius 2 is 1.88 bits per heavy atom. The van der Waals surface area contributed by atoms with Crippen molar-refractivity contribution in [2.75, 3.05) is 6.54 Å². The summed E-state index contributed by atoms with van der Waals surface area (Å²) in [6, 6.07) is 0.0656. The van der Waals surface area contributed by atoms with Crippen molar-refractivity contribution >= 4 is 11.8 Å². The molecular formula is C11H17N3O2. The van der Waals surface area contributed by atoms with Gasteiger partial charge in [-0.2, -0.15) is 0 Å². The lowest BCUT2D eigenvalue weighted by Crippen LogP contribution is -2.45. The number of hydrogen-bond donors (Lipinski definition) is 2. The van der Waals surface area contributed by atoms with Gasteiger partial charge in [0.2, 0.25) is 11.8 Å². The van der Waals surface area contributed by atoms with Gasteiger partial charge in [-0.05, 0) is 12.8 Å². The molecule has 3 fully saturated rings. The molecule has 16 heavy (non-hydrogen) atoms. The van der Waals surface area contributed by atoms with Crippen LogP contribution < -0.4 is 10.9 Å². The maximum atomic E-state index is 12.1. The molecule has 1 aliphatic carbocycles. The highest BCUT2D eigenvalue weighted by molar-refractivity contribution is 5.96. The van der Waals surface area contributed by atoms with Gasteiger partial charge < -0.3 is 4.90 Å². The van der Waals surface area contributed by atoms with Crippen LogP contribution >= 0.6 is 0 Å². The fourth-order valence-corrected chi connectivity index (χ4v) is 3.12. The molecule has 3 aliphatic rings. The SMILES string of the molecule is O=C1NN[C@@H]2C(=O)N(C3CCCCC3)C[C@H]12. The molecule has 0 radical (unpaired) electrons. The Morgan fingerprint density at radius 3 is 2.56 bits per heavy atom. The molecule has 0 bridgehead atoms. The highest BCUT2D eigenvalue weighted by Gasteiger charge is 2.49. The maximum Gasteiger partial charge on any atom is 0.242 e. The first-order valence-corrected chi connectivity index (χ1v) is 6.13. The third-order valence-electron chi connectivity index (χ3n) is 4.05. The Morgan fingerprint density at radius 1 is 1.12 bits per heavy atom. The minimum Gasteiger partial charge on any atom is -0.337 e. The minimum atomic E-state index is -0.311. The van der Waals surface area contributed by atoms with Gasteiger partial charge in [0.05, 0.1) is 5.92 Å². The molecule has 2 N–H and O–H groups in total. The molecule has 2 aliphatic heterocycles. The fraction of sp³-hybridized carbons (Fsp3) is 0.818. The molecule has 88 valence electrons. The lowest BCUT2D eigenvalue weighted by atomic mass is 9.94. The molecule has 5 nitrogen and oxygen atoms in total. The van der Waals surface area contributed by atoms with E-state index in [2.05, 4.69) is 10.9 Å². The Labute approximate surface area is 94.5 Å². The average molecular weight is 223 g/mol. The van der Waals surface area contributed by atoms with Crippen LogP contribution in [-0.2, 0) is 9.59 Å². The Balaban J connectivity index is 1.73. The van der Waals surface area contributed by atoms with Gasteiger partial charge in [-0.25, -0.2) is 5.43 Å². The number of hydrazine groups is 1. The summed E-state index contributed by atoms with van der Waals surface area (Å²) in [6.45, 7) is 0.604. The largest absolute Gasteiger partial charge is 0.337 e.